The van der Waals surface area contributed by atoms with E-state index in [1.807, 2.05) is 18.3 Å². The van der Waals surface area contributed by atoms with Crippen LogP contribution in [0.15, 0.2) is 17.1 Å². The maximum atomic E-state index is 5.41. The van der Waals surface area contributed by atoms with Crippen molar-refractivity contribution in [1.29, 1.82) is 0 Å². The highest BCUT2D eigenvalue weighted by molar-refractivity contribution is 5.85. The Morgan fingerprint density at radius 2 is 1.29 bits per heavy atom. The van der Waals surface area contributed by atoms with Crippen LogP contribution in [0.1, 0.15) is 33.3 Å². The predicted molar refractivity (Wildman–Crippen MR) is 87.2 cm³/mol. The van der Waals surface area contributed by atoms with Gasteiger partial charge in [-0.1, -0.05) is 27.7 Å². The summed E-state index contributed by atoms with van der Waals surface area (Å²) in [6.45, 7) is 8.75. The van der Waals surface area contributed by atoms with Crippen molar-refractivity contribution in [3.05, 3.63) is 17.7 Å². The molecule has 0 fully saturated rings. The number of hydrogen-bond acceptors (Lipinski definition) is 4. The monoisotopic (exact) mass is 293 g/mol. The second kappa shape index (κ2) is 7.91. The Labute approximate surface area is 128 Å². The molecule has 21 heavy (non-hydrogen) atoms. The summed E-state index contributed by atoms with van der Waals surface area (Å²) in [5, 5.41) is 0. The minimum Gasteiger partial charge on any atom is -0.496 e. The molecule has 0 atom stereocenters. The molecule has 0 radical (unpaired) electrons. The zero-order valence-electron chi connectivity index (χ0n) is 14.1. The van der Waals surface area contributed by atoms with E-state index in [-0.39, 0.29) is 6.04 Å². The van der Waals surface area contributed by atoms with E-state index >= 15 is 0 Å². The van der Waals surface area contributed by atoms with Gasteiger partial charge in [-0.3, -0.25) is 4.99 Å². The molecule has 4 nitrogen and oxygen atoms in total. The third kappa shape index (κ3) is 4.38. The van der Waals surface area contributed by atoms with Gasteiger partial charge in [-0.2, -0.15) is 0 Å². The number of methoxy groups -OCH3 is 3. The normalized spacial score (nSPS) is 11.7. The van der Waals surface area contributed by atoms with E-state index < -0.39 is 0 Å². The third-order valence-corrected chi connectivity index (χ3v) is 3.49. The molecule has 0 spiro atoms. The molecule has 0 aliphatic rings. The van der Waals surface area contributed by atoms with E-state index in [1.54, 1.807) is 21.3 Å². The molecule has 0 bridgehead atoms. The summed E-state index contributed by atoms with van der Waals surface area (Å²) < 4.78 is 16.0. The topological polar surface area (TPSA) is 40.0 Å². The molecule has 1 rings (SSSR count). The van der Waals surface area contributed by atoms with Crippen molar-refractivity contribution in [3.63, 3.8) is 0 Å². The lowest BCUT2D eigenvalue weighted by Crippen LogP contribution is -2.20. The van der Waals surface area contributed by atoms with Crippen LogP contribution in [-0.4, -0.2) is 33.6 Å². The summed E-state index contributed by atoms with van der Waals surface area (Å²) in [5.74, 6) is 3.03. The lowest BCUT2D eigenvalue weighted by atomic mass is 9.94. The lowest BCUT2D eigenvalue weighted by molar-refractivity contribution is 0.348. The number of rotatable bonds is 7. The molecule has 0 saturated carbocycles. The summed E-state index contributed by atoms with van der Waals surface area (Å²) in [4.78, 5) is 4.73. The maximum absolute atomic E-state index is 5.41. The fourth-order valence-electron chi connectivity index (χ4n) is 2.43. The van der Waals surface area contributed by atoms with Crippen LogP contribution < -0.4 is 14.2 Å². The van der Waals surface area contributed by atoms with E-state index in [1.165, 1.54) is 0 Å². The van der Waals surface area contributed by atoms with Crippen LogP contribution in [0.4, 0.5) is 0 Å². The molecule has 0 N–H and O–H groups in total. The lowest BCUT2D eigenvalue weighted by Gasteiger charge is -2.20. The molecule has 0 aliphatic carbocycles. The number of aliphatic imine (C=N–C) groups is 1. The highest BCUT2D eigenvalue weighted by Crippen LogP contribution is 2.34. The first-order chi connectivity index (χ1) is 9.94. The van der Waals surface area contributed by atoms with E-state index in [2.05, 4.69) is 27.7 Å². The SMILES string of the molecule is COc1cc(OC)c(OC)cc1/C=N/C(C(C)C)C(C)C. The van der Waals surface area contributed by atoms with Crippen molar-refractivity contribution in [2.45, 2.75) is 33.7 Å². The van der Waals surface area contributed by atoms with Crippen molar-refractivity contribution < 1.29 is 14.2 Å². The standard InChI is InChI=1S/C17H27NO3/c1-11(2)17(12(3)4)18-10-13-8-15(20-6)16(21-7)9-14(13)19-5/h8-12,17H,1-7H3/b18-10+. The Bertz CT molecular complexity index is 473. The number of benzene rings is 1. The Balaban J connectivity index is 3.17. The smallest absolute Gasteiger partial charge is 0.164 e. The van der Waals surface area contributed by atoms with Crippen LogP contribution in [-0.2, 0) is 0 Å². The molecule has 0 aromatic heterocycles. The molecule has 0 saturated heterocycles. The van der Waals surface area contributed by atoms with Gasteiger partial charge in [0, 0.05) is 17.8 Å². The molecule has 0 unspecified atom stereocenters. The first-order valence-electron chi connectivity index (χ1n) is 7.27. The Morgan fingerprint density at radius 1 is 0.810 bits per heavy atom. The summed E-state index contributed by atoms with van der Waals surface area (Å²) in [5.41, 5.74) is 0.890. The van der Waals surface area contributed by atoms with Gasteiger partial charge in [0.15, 0.2) is 11.5 Å². The number of ether oxygens (including phenoxy) is 3. The first kappa shape index (κ1) is 17.3. The summed E-state index contributed by atoms with van der Waals surface area (Å²) in [7, 11) is 4.87. The Hall–Kier alpha value is -1.71. The molecule has 4 heteroatoms. The van der Waals surface area contributed by atoms with Gasteiger partial charge >= 0.3 is 0 Å². The van der Waals surface area contributed by atoms with E-state index in [0.29, 0.717) is 23.3 Å². The van der Waals surface area contributed by atoms with Gasteiger partial charge in [-0.25, -0.2) is 0 Å². The van der Waals surface area contributed by atoms with Crippen molar-refractivity contribution in [1.82, 2.24) is 0 Å². The molecule has 1 aromatic rings. The zero-order valence-corrected chi connectivity index (χ0v) is 14.1. The second-order valence-corrected chi connectivity index (χ2v) is 5.71. The molecular weight excluding hydrogens is 266 g/mol. The fraction of sp³-hybridized carbons (Fsp3) is 0.588. The average Bonchev–Trinajstić information content (AvgIpc) is 2.45. The summed E-state index contributed by atoms with van der Waals surface area (Å²) in [6.07, 6.45) is 1.87. The fourth-order valence-corrected chi connectivity index (χ4v) is 2.43. The van der Waals surface area contributed by atoms with Gasteiger partial charge in [0.25, 0.3) is 0 Å². The van der Waals surface area contributed by atoms with Crippen LogP contribution in [0.5, 0.6) is 17.2 Å². The molecule has 118 valence electrons. The predicted octanol–water partition coefficient (Wildman–Crippen LogP) is 3.81. The van der Waals surface area contributed by atoms with Gasteiger partial charge < -0.3 is 14.2 Å². The van der Waals surface area contributed by atoms with Gasteiger partial charge in [0.05, 0.1) is 27.4 Å². The van der Waals surface area contributed by atoms with Crippen LogP contribution >= 0.6 is 0 Å². The first-order valence-corrected chi connectivity index (χ1v) is 7.27. The molecule has 0 aliphatic heterocycles. The molecule has 0 amide bonds. The molecule has 0 heterocycles. The van der Waals surface area contributed by atoms with Crippen molar-refractivity contribution in [3.8, 4) is 17.2 Å². The number of hydrogen-bond donors (Lipinski definition) is 0. The quantitative estimate of drug-likeness (QED) is 0.718. The van der Waals surface area contributed by atoms with Gasteiger partial charge in [0.1, 0.15) is 5.75 Å². The van der Waals surface area contributed by atoms with Crippen molar-refractivity contribution >= 4 is 6.21 Å². The Kier molecular flexibility index (Phi) is 6.53. The molecule has 1 aromatic carbocycles. The minimum absolute atomic E-state index is 0.280. The second-order valence-electron chi connectivity index (χ2n) is 5.71. The van der Waals surface area contributed by atoms with Crippen LogP contribution in [0.3, 0.4) is 0 Å². The van der Waals surface area contributed by atoms with Crippen LogP contribution in [0.25, 0.3) is 0 Å². The zero-order chi connectivity index (χ0) is 16.0. The van der Waals surface area contributed by atoms with Gasteiger partial charge in [-0.15, -0.1) is 0 Å². The summed E-state index contributed by atoms with van der Waals surface area (Å²) >= 11 is 0. The van der Waals surface area contributed by atoms with Gasteiger partial charge in [0.2, 0.25) is 0 Å². The number of nitrogens with zero attached hydrogens (tertiary/aromatic N) is 1. The maximum Gasteiger partial charge on any atom is 0.164 e. The van der Waals surface area contributed by atoms with Crippen molar-refractivity contribution in [2.24, 2.45) is 16.8 Å². The van der Waals surface area contributed by atoms with Gasteiger partial charge in [-0.05, 0) is 17.9 Å². The third-order valence-electron chi connectivity index (χ3n) is 3.49. The average molecular weight is 293 g/mol. The van der Waals surface area contributed by atoms with E-state index in [4.69, 9.17) is 19.2 Å². The Morgan fingerprint density at radius 3 is 1.71 bits per heavy atom. The van der Waals surface area contributed by atoms with Crippen molar-refractivity contribution in [2.75, 3.05) is 21.3 Å². The summed E-state index contributed by atoms with van der Waals surface area (Å²) in [6, 6.07) is 3.99. The highest BCUT2D eigenvalue weighted by atomic mass is 16.5. The van der Waals surface area contributed by atoms with Crippen LogP contribution in [0, 0.1) is 11.8 Å². The highest BCUT2D eigenvalue weighted by Gasteiger charge is 2.16. The largest absolute Gasteiger partial charge is 0.496 e. The van der Waals surface area contributed by atoms with E-state index in [9.17, 15) is 0 Å². The minimum atomic E-state index is 0.280. The van der Waals surface area contributed by atoms with E-state index in [0.717, 1.165) is 11.3 Å². The molecular formula is C17H27NO3. The van der Waals surface area contributed by atoms with Crippen LogP contribution in [0.2, 0.25) is 0 Å².